The van der Waals surface area contributed by atoms with E-state index < -0.39 is 0 Å². The Hall–Kier alpha value is -1.30. The van der Waals surface area contributed by atoms with E-state index in [0.717, 1.165) is 49.8 Å². The van der Waals surface area contributed by atoms with Crippen molar-refractivity contribution in [3.8, 4) is 11.5 Å². The smallest absolute Gasteiger partial charge is 0.166 e. The molecule has 1 saturated heterocycles. The number of methoxy groups -OCH3 is 3. The van der Waals surface area contributed by atoms with Gasteiger partial charge >= 0.3 is 0 Å². The number of rotatable bonds is 6. The van der Waals surface area contributed by atoms with E-state index >= 15 is 0 Å². The van der Waals surface area contributed by atoms with Crippen LogP contribution in [0, 0.1) is 0 Å². The van der Waals surface area contributed by atoms with E-state index in [0.29, 0.717) is 6.61 Å². The number of hydrogen-bond donors (Lipinski definition) is 1. The minimum Gasteiger partial charge on any atom is -0.493 e. The molecule has 2 rings (SSSR count). The number of hydrogen-bond acceptors (Lipinski definition) is 5. The van der Waals surface area contributed by atoms with Crippen LogP contribution in [0.5, 0.6) is 11.5 Å². The molecular weight excluding hydrogens is 256 g/mol. The van der Waals surface area contributed by atoms with Crippen molar-refractivity contribution in [2.45, 2.75) is 13.2 Å². The van der Waals surface area contributed by atoms with Gasteiger partial charge in [-0.3, -0.25) is 4.90 Å². The van der Waals surface area contributed by atoms with Gasteiger partial charge in [0.25, 0.3) is 0 Å². The Labute approximate surface area is 120 Å². The molecule has 0 aromatic heterocycles. The highest BCUT2D eigenvalue weighted by Crippen LogP contribution is 2.34. The summed E-state index contributed by atoms with van der Waals surface area (Å²) in [5, 5.41) is 3.37. The van der Waals surface area contributed by atoms with Gasteiger partial charge in [-0.1, -0.05) is 6.07 Å². The van der Waals surface area contributed by atoms with E-state index in [1.807, 2.05) is 6.07 Å². The molecule has 1 aliphatic rings. The normalized spacial score (nSPS) is 16.1. The van der Waals surface area contributed by atoms with Gasteiger partial charge in [-0.2, -0.15) is 0 Å². The fourth-order valence-corrected chi connectivity index (χ4v) is 2.59. The molecule has 0 saturated carbocycles. The highest BCUT2D eigenvalue weighted by molar-refractivity contribution is 5.50. The van der Waals surface area contributed by atoms with Crippen molar-refractivity contribution >= 4 is 0 Å². The van der Waals surface area contributed by atoms with Gasteiger partial charge in [0.05, 0.1) is 20.8 Å². The molecule has 0 radical (unpaired) electrons. The highest BCUT2D eigenvalue weighted by Gasteiger charge is 2.17. The van der Waals surface area contributed by atoms with Crippen LogP contribution < -0.4 is 14.8 Å². The van der Waals surface area contributed by atoms with E-state index in [9.17, 15) is 0 Å². The number of piperazine rings is 1. The zero-order chi connectivity index (χ0) is 14.4. The number of ether oxygens (including phenoxy) is 3. The molecule has 0 spiro atoms. The second kappa shape index (κ2) is 7.47. The van der Waals surface area contributed by atoms with Crippen molar-refractivity contribution < 1.29 is 14.2 Å². The van der Waals surface area contributed by atoms with Crippen LogP contribution in [0.2, 0.25) is 0 Å². The lowest BCUT2D eigenvalue weighted by Crippen LogP contribution is -2.43. The van der Waals surface area contributed by atoms with Crippen molar-refractivity contribution in [3.05, 3.63) is 23.3 Å². The third-order valence-electron chi connectivity index (χ3n) is 3.64. The Bertz CT molecular complexity index is 431. The average molecular weight is 280 g/mol. The maximum Gasteiger partial charge on any atom is 0.166 e. The molecule has 5 nitrogen and oxygen atoms in total. The summed E-state index contributed by atoms with van der Waals surface area (Å²) >= 11 is 0. The lowest BCUT2D eigenvalue weighted by molar-refractivity contribution is 0.176. The summed E-state index contributed by atoms with van der Waals surface area (Å²) in [5.74, 6) is 1.53. The summed E-state index contributed by atoms with van der Waals surface area (Å²) in [6, 6.07) is 4.08. The second-order valence-corrected chi connectivity index (χ2v) is 4.90. The van der Waals surface area contributed by atoms with Crippen LogP contribution in [-0.2, 0) is 17.9 Å². The minimum atomic E-state index is 0.530. The zero-order valence-electron chi connectivity index (χ0n) is 12.6. The first-order valence-electron chi connectivity index (χ1n) is 6.95. The topological polar surface area (TPSA) is 43.0 Å². The summed E-state index contributed by atoms with van der Waals surface area (Å²) < 4.78 is 16.2. The summed E-state index contributed by atoms with van der Waals surface area (Å²) in [6.07, 6.45) is 0. The van der Waals surface area contributed by atoms with Crippen LogP contribution in [0.4, 0.5) is 0 Å². The first-order chi connectivity index (χ1) is 9.80. The largest absolute Gasteiger partial charge is 0.493 e. The lowest BCUT2D eigenvalue weighted by Gasteiger charge is -2.28. The van der Waals surface area contributed by atoms with Crippen LogP contribution in [0.1, 0.15) is 11.1 Å². The van der Waals surface area contributed by atoms with Crippen LogP contribution in [0.25, 0.3) is 0 Å². The monoisotopic (exact) mass is 280 g/mol. The Morgan fingerprint density at radius 1 is 1.10 bits per heavy atom. The van der Waals surface area contributed by atoms with Crippen LogP contribution in [0.15, 0.2) is 12.1 Å². The summed E-state index contributed by atoms with van der Waals surface area (Å²) in [4.78, 5) is 2.44. The third-order valence-corrected chi connectivity index (χ3v) is 3.64. The van der Waals surface area contributed by atoms with Crippen molar-refractivity contribution in [1.82, 2.24) is 10.2 Å². The molecule has 5 heteroatoms. The molecule has 1 fully saturated rings. The predicted molar refractivity (Wildman–Crippen MR) is 78.4 cm³/mol. The number of benzene rings is 1. The van der Waals surface area contributed by atoms with Crippen LogP contribution in [-0.4, -0.2) is 52.4 Å². The van der Waals surface area contributed by atoms with Gasteiger partial charge in [0.1, 0.15) is 0 Å². The summed E-state index contributed by atoms with van der Waals surface area (Å²) in [5.41, 5.74) is 2.32. The molecule has 1 aliphatic heterocycles. The van der Waals surface area contributed by atoms with Gasteiger partial charge in [0.2, 0.25) is 0 Å². The molecule has 1 heterocycles. The zero-order valence-corrected chi connectivity index (χ0v) is 12.6. The Morgan fingerprint density at radius 2 is 1.85 bits per heavy atom. The fourth-order valence-electron chi connectivity index (χ4n) is 2.59. The first-order valence-corrected chi connectivity index (χ1v) is 6.95. The molecule has 0 aliphatic carbocycles. The van der Waals surface area contributed by atoms with Gasteiger partial charge in [0.15, 0.2) is 11.5 Å². The van der Waals surface area contributed by atoms with Crippen LogP contribution >= 0.6 is 0 Å². The molecule has 20 heavy (non-hydrogen) atoms. The molecular formula is C15H24N2O3. The molecule has 0 unspecified atom stereocenters. The van der Waals surface area contributed by atoms with Crippen molar-refractivity contribution in [3.63, 3.8) is 0 Å². The van der Waals surface area contributed by atoms with Gasteiger partial charge in [-0.25, -0.2) is 0 Å². The fraction of sp³-hybridized carbons (Fsp3) is 0.600. The van der Waals surface area contributed by atoms with E-state index in [1.165, 1.54) is 5.56 Å². The molecule has 1 aromatic carbocycles. The number of nitrogens with zero attached hydrogens (tertiary/aromatic N) is 1. The average Bonchev–Trinajstić information content (AvgIpc) is 2.49. The van der Waals surface area contributed by atoms with E-state index in [2.05, 4.69) is 16.3 Å². The Morgan fingerprint density at radius 3 is 2.45 bits per heavy atom. The van der Waals surface area contributed by atoms with E-state index in [4.69, 9.17) is 14.2 Å². The minimum absolute atomic E-state index is 0.530. The molecule has 1 N–H and O–H groups in total. The highest BCUT2D eigenvalue weighted by atomic mass is 16.5. The first kappa shape index (κ1) is 15.1. The van der Waals surface area contributed by atoms with Gasteiger partial charge in [-0.15, -0.1) is 0 Å². The van der Waals surface area contributed by atoms with E-state index in [-0.39, 0.29) is 0 Å². The van der Waals surface area contributed by atoms with E-state index in [1.54, 1.807) is 21.3 Å². The standard InChI is InChI=1S/C15H24N2O3/c1-18-11-13-12(10-17-8-6-16-7-9-17)4-5-14(19-2)15(13)20-3/h4-5,16H,6-11H2,1-3H3. The maximum atomic E-state index is 5.51. The van der Waals surface area contributed by atoms with Gasteiger partial charge in [0, 0.05) is 45.4 Å². The Balaban J connectivity index is 2.25. The molecule has 0 bridgehead atoms. The van der Waals surface area contributed by atoms with Crippen molar-refractivity contribution in [1.29, 1.82) is 0 Å². The van der Waals surface area contributed by atoms with Gasteiger partial charge in [-0.05, 0) is 11.6 Å². The number of nitrogens with one attached hydrogen (secondary N) is 1. The predicted octanol–water partition coefficient (Wildman–Crippen LogP) is 1.26. The molecule has 112 valence electrons. The molecule has 0 atom stereocenters. The van der Waals surface area contributed by atoms with Crippen LogP contribution in [0.3, 0.4) is 0 Å². The molecule has 1 aromatic rings. The summed E-state index contributed by atoms with van der Waals surface area (Å²) in [6.45, 7) is 5.68. The Kier molecular flexibility index (Phi) is 5.64. The van der Waals surface area contributed by atoms with Crippen molar-refractivity contribution in [2.75, 3.05) is 47.5 Å². The van der Waals surface area contributed by atoms with Gasteiger partial charge < -0.3 is 19.5 Å². The third kappa shape index (κ3) is 3.42. The molecule has 0 amide bonds. The maximum absolute atomic E-state index is 5.51. The summed E-state index contributed by atoms with van der Waals surface area (Å²) in [7, 11) is 5.03. The van der Waals surface area contributed by atoms with Crippen molar-refractivity contribution in [2.24, 2.45) is 0 Å². The second-order valence-electron chi connectivity index (χ2n) is 4.90. The lowest BCUT2D eigenvalue weighted by atomic mass is 10.0. The quantitative estimate of drug-likeness (QED) is 0.849. The SMILES string of the molecule is COCc1c(CN2CCNCC2)ccc(OC)c1OC.